The third-order valence-electron chi connectivity index (χ3n) is 13.9. The molecular formula is C40H58N2O5S. The number of fused-ring (bicyclic) bond motifs is 5. The van der Waals surface area contributed by atoms with Crippen molar-refractivity contribution >= 4 is 16.0 Å². The highest BCUT2D eigenvalue weighted by atomic mass is 32.2. The molecule has 264 valence electrons. The fourth-order valence-corrected chi connectivity index (χ4v) is 11.8. The number of aliphatic hydroxyl groups excluding tert-OH is 1. The van der Waals surface area contributed by atoms with Crippen LogP contribution in [0.4, 0.5) is 0 Å². The topological polar surface area (TPSA) is 107 Å². The second-order valence-electron chi connectivity index (χ2n) is 16.5. The summed E-state index contributed by atoms with van der Waals surface area (Å²) in [6, 6.07) is 22.3. The molecule has 8 heteroatoms. The van der Waals surface area contributed by atoms with Crippen LogP contribution in [0.2, 0.25) is 0 Å². The highest BCUT2D eigenvalue weighted by molar-refractivity contribution is 7.85. The predicted molar refractivity (Wildman–Crippen MR) is 190 cm³/mol. The molecule has 4 aliphatic rings. The maximum atomic E-state index is 12.4. The van der Waals surface area contributed by atoms with Crippen LogP contribution in [-0.4, -0.2) is 53.3 Å². The lowest BCUT2D eigenvalue weighted by atomic mass is 9.43. The van der Waals surface area contributed by atoms with E-state index < -0.39 is 15.9 Å². The molecule has 6 rings (SSSR count). The number of hydrogen-bond donors (Lipinski definition) is 3. The van der Waals surface area contributed by atoms with Crippen LogP contribution in [0.5, 0.6) is 0 Å². The zero-order chi connectivity index (χ0) is 34.1. The number of amides is 1. The maximum absolute atomic E-state index is 12.4. The summed E-state index contributed by atoms with van der Waals surface area (Å²) in [7, 11) is -4.08. The van der Waals surface area contributed by atoms with Gasteiger partial charge in [-0.3, -0.25) is 14.2 Å². The zero-order valence-corrected chi connectivity index (χ0v) is 30.1. The predicted octanol–water partition coefficient (Wildman–Crippen LogP) is 7.11. The number of carbonyl (C=O) groups excluding carboxylic acids is 1. The highest BCUT2D eigenvalue weighted by Crippen LogP contribution is 2.68. The van der Waals surface area contributed by atoms with Gasteiger partial charge in [0.2, 0.25) is 5.91 Å². The first-order chi connectivity index (χ1) is 22.9. The molecule has 1 unspecified atom stereocenters. The summed E-state index contributed by atoms with van der Waals surface area (Å²) in [4.78, 5) is 15.1. The zero-order valence-electron chi connectivity index (χ0n) is 29.3. The second-order valence-corrected chi connectivity index (χ2v) is 18.1. The van der Waals surface area contributed by atoms with Gasteiger partial charge in [0.15, 0.2) is 0 Å². The molecule has 10 atom stereocenters. The molecule has 0 radical (unpaired) electrons. The van der Waals surface area contributed by atoms with Gasteiger partial charge in [-0.05, 0) is 115 Å². The summed E-state index contributed by atoms with van der Waals surface area (Å²) in [5, 5.41) is 14.7. The van der Waals surface area contributed by atoms with Crippen LogP contribution < -0.4 is 5.32 Å². The summed E-state index contributed by atoms with van der Waals surface area (Å²) >= 11 is 0. The van der Waals surface area contributed by atoms with Crippen molar-refractivity contribution in [3.8, 4) is 0 Å². The Balaban J connectivity index is 1.11. The van der Waals surface area contributed by atoms with E-state index in [1.807, 2.05) is 0 Å². The summed E-state index contributed by atoms with van der Waals surface area (Å²) in [6.07, 6.45) is 10.1. The molecule has 0 bridgehead atoms. The van der Waals surface area contributed by atoms with Crippen LogP contribution in [0.1, 0.15) is 96.1 Å². The van der Waals surface area contributed by atoms with Crippen LogP contribution in [0.3, 0.4) is 0 Å². The van der Waals surface area contributed by atoms with Crippen molar-refractivity contribution in [2.24, 2.45) is 46.3 Å². The fraction of sp³-hybridized carbons (Fsp3) is 0.675. The van der Waals surface area contributed by atoms with E-state index in [2.05, 4.69) is 91.7 Å². The second kappa shape index (κ2) is 14.5. The fourth-order valence-electron chi connectivity index (χ4n) is 11.4. The molecule has 3 N–H and O–H groups in total. The van der Waals surface area contributed by atoms with Gasteiger partial charge in [-0.2, -0.15) is 8.42 Å². The van der Waals surface area contributed by atoms with Gasteiger partial charge in [0.25, 0.3) is 10.1 Å². The van der Waals surface area contributed by atoms with E-state index in [0.717, 1.165) is 45.2 Å². The molecule has 0 heterocycles. The number of nitrogens with zero attached hydrogens (tertiary/aromatic N) is 1. The van der Waals surface area contributed by atoms with Crippen LogP contribution >= 0.6 is 0 Å². The molecule has 1 amide bonds. The molecule has 4 fully saturated rings. The van der Waals surface area contributed by atoms with Crippen molar-refractivity contribution < 1.29 is 22.9 Å². The van der Waals surface area contributed by atoms with E-state index in [1.165, 1.54) is 36.8 Å². The number of benzene rings is 2. The van der Waals surface area contributed by atoms with Gasteiger partial charge in [0, 0.05) is 32.1 Å². The molecule has 0 saturated heterocycles. The molecular weight excluding hydrogens is 621 g/mol. The largest absolute Gasteiger partial charge is 0.393 e. The van der Waals surface area contributed by atoms with Crippen LogP contribution in [0.15, 0.2) is 60.7 Å². The highest BCUT2D eigenvalue weighted by Gasteiger charge is 2.63. The van der Waals surface area contributed by atoms with Crippen molar-refractivity contribution in [1.82, 2.24) is 10.2 Å². The quantitative estimate of drug-likeness (QED) is 0.207. The van der Waals surface area contributed by atoms with Gasteiger partial charge < -0.3 is 10.4 Å². The van der Waals surface area contributed by atoms with E-state index in [0.29, 0.717) is 48.0 Å². The van der Waals surface area contributed by atoms with Gasteiger partial charge in [0.05, 0.1) is 11.9 Å². The Bertz CT molecular complexity index is 1450. The molecule has 0 spiro atoms. The normalized spacial score (nSPS) is 35.3. The number of hydrogen-bond acceptors (Lipinski definition) is 5. The van der Waals surface area contributed by atoms with Gasteiger partial charge in [0.1, 0.15) is 0 Å². The number of aliphatic hydroxyl groups is 1. The molecule has 0 aromatic heterocycles. The Morgan fingerprint density at radius 1 is 0.896 bits per heavy atom. The number of nitrogens with one attached hydrogen (secondary N) is 1. The Morgan fingerprint density at radius 2 is 1.50 bits per heavy atom. The molecule has 4 aliphatic carbocycles. The van der Waals surface area contributed by atoms with E-state index in [1.54, 1.807) is 0 Å². The SMILES string of the molecule is C[C@H](CCC(=O)NCCS(=O)(=O)O)[C@H]1CC[C@H]2[C@@H]3[C@@H](O)CC4C[C@H](N(Cc5ccccc5)Cc5ccccc5)CC[C@]4(C)[C@H]3CC[C@]12C. The molecule has 7 nitrogen and oxygen atoms in total. The Morgan fingerprint density at radius 3 is 2.12 bits per heavy atom. The number of rotatable bonds is 12. The first kappa shape index (κ1) is 35.6. The van der Waals surface area contributed by atoms with Crippen molar-refractivity contribution in [1.29, 1.82) is 0 Å². The summed E-state index contributed by atoms with van der Waals surface area (Å²) in [5.74, 6) is 2.25. The average molecular weight is 679 g/mol. The minimum absolute atomic E-state index is 0.0607. The first-order valence-corrected chi connectivity index (χ1v) is 20.2. The van der Waals surface area contributed by atoms with Crippen LogP contribution in [0.25, 0.3) is 0 Å². The Hall–Kier alpha value is -2.26. The van der Waals surface area contributed by atoms with Gasteiger partial charge in [-0.1, -0.05) is 81.4 Å². The molecule has 2 aromatic rings. The first-order valence-electron chi connectivity index (χ1n) is 18.6. The van der Waals surface area contributed by atoms with Crippen molar-refractivity contribution in [3.63, 3.8) is 0 Å². The minimum atomic E-state index is -4.08. The maximum Gasteiger partial charge on any atom is 0.266 e. The van der Waals surface area contributed by atoms with E-state index in [9.17, 15) is 18.3 Å². The van der Waals surface area contributed by atoms with Crippen molar-refractivity contribution in [2.45, 2.75) is 110 Å². The van der Waals surface area contributed by atoms with Gasteiger partial charge >= 0.3 is 0 Å². The molecule has 0 aliphatic heterocycles. The lowest BCUT2D eigenvalue weighted by Crippen LogP contribution is -2.59. The Labute approximate surface area is 289 Å². The van der Waals surface area contributed by atoms with E-state index in [-0.39, 0.29) is 29.4 Å². The third-order valence-corrected chi connectivity index (χ3v) is 14.6. The van der Waals surface area contributed by atoms with Gasteiger partial charge in [-0.25, -0.2) is 0 Å². The average Bonchev–Trinajstić information content (AvgIpc) is 3.41. The minimum Gasteiger partial charge on any atom is -0.393 e. The van der Waals surface area contributed by atoms with Gasteiger partial charge in [-0.15, -0.1) is 0 Å². The number of carbonyl (C=O) groups is 1. The van der Waals surface area contributed by atoms with Crippen LogP contribution in [-0.2, 0) is 28.0 Å². The smallest absolute Gasteiger partial charge is 0.266 e. The monoisotopic (exact) mass is 678 g/mol. The molecule has 4 saturated carbocycles. The Kier molecular flexibility index (Phi) is 10.8. The lowest BCUT2D eigenvalue weighted by Gasteiger charge is -2.63. The lowest BCUT2D eigenvalue weighted by molar-refractivity contribution is -0.171. The van der Waals surface area contributed by atoms with Crippen LogP contribution in [0, 0.1) is 46.3 Å². The van der Waals surface area contributed by atoms with E-state index in [4.69, 9.17) is 4.55 Å². The van der Waals surface area contributed by atoms with Crippen molar-refractivity contribution in [3.05, 3.63) is 71.8 Å². The van der Waals surface area contributed by atoms with E-state index >= 15 is 0 Å². The van der Waals surface area contributed by atoms with Crippen molar-refractivity contribution in [2.75, 3.05) is 12.3 Å². The molecule has 48 heavy (non-hydrogen) atoms. The third kappa shape index (κ3) is 7.57. The summed E-state index contributed by atoms with van der Waals surface area (Å²) in [5.41, 5.74) is 3.15. The summed E-state index contributed by atoms with van der Waals surface area (Å²) in [6.45, 7) is 9.18. The summed E-state index contributed by atoms with van der Waals surface area (Å²) < 4.78 is 30.9. The standard InChI is InChI=1S/C40H58N2O5S/c1-28(14-17-37(44)41-22-23-48(45,46)47)33-15-16-34-38-35(19-21-40(33,34)3)39(2)20-18-32(24-31(39)25-36(38)43)42(26-29-10-6-4-7-11-29)27-30-12-8-5-9-13-30/h4-13,28,31-36,38,43H,14-27H2,1-3H3,(H,41,44)(H,45,46,47)/t28-,31?,32-,33-,34+,35+,36+,38+,39+,40-/m1/s1. The molecule has 2 aromatic carbocycles.